The Morgan fingerprint density at radius 2 is 2.12 bits per heavy atom. The van der Waals surface area contributed by atoms with Crippen molar-refractivity contribution in [3.05, 3.63) is 56.4 Å². The van der Waals surface area contributed by atoms with Crippen LogP contribution in [0.2, 0.25) is 0 Å². The van der Waals surface area contributed by atoms with Crippen molar-refractivity contribution in [3.8, 4) is 0 Å². The number of nitrogens with zero attached hydrogens (tertiary/aromatic N) is 2. The van der Waals surface area contributed by atoms with E-state index in [9.17, 15) is 9.18 Å². The number of nitrogens with one attached hydrogen (secondary N) is 1. The fourth-order valence-electron chi connectivity index (χ4n) is 3.39. The SMILES string of the molecule is CCn1c(SCc2ccc(F)cc2)nc2sc3c(c2c1=O)CC[NH+](C)C3. The molecule has 2 aromatic heterocycles. The summed E-state index contributed by atoms with van der Waals surface area (Å²) in [7, 11) is 2.19. The molecular weight excluding hydrogens is 369 g/mol. The van der Waals surface area contributed by atoms with Crippen LogP contribution >= 0.6 is 23.1 Å². The largest absolute Gasteiger partial charge is 0.333 e. The number of likely N-dealkylation sites (N-methyl/N-ethyl adjacent to an activating group) is 1. The van der Waals surface area contributed by atoms with Gasteiger partial charge in [0.1, 0.15) is 17.2 Å². The first-order valence-electron chi connectivity index (χ1n) is 8.80. The molecule has 0 saturated heterocycles. The molecule has 0 fully saturated rings. The zero-order valence-corrected chi connectivity index (χ0v) is 16.5. The number of hydrogen-bond donors (Lipinski definition) is 1. The van der Waals surface area contributed by atoms with Gasteiger partial charge in [-0.25, -0.2) is 9.37 Å². The van der Waals surface area contributed by atoms with Gasteiger partial charge in [-0.15, -0.1) is 11.3 Å². The summed E-state index contributed by atoms with van der Waals surface area (Å²) >= 11 is 3.20. The summed E-state index contributed by atoms with van der Waals surface area (Å²) in [5.74, 6) is 0.427. The Balaban J connectivity index is 1.72. The Labute approximate surface area is 159 Å². The summed E-state index contributed by atoms with van der Waals surface area (Å²) in [6, 6.07) is 6.48. The van der Waals surface area contributed by atoms with E-state index in [-0.39, 0.29) is 11.4 Å². The second-order valence-electron chi connectivity index (χ2n) is 6.68. The standard InChI is InChI=1S/C19H20FN3OS2/c1-3-23-18(24)16-14-8-9-22(2)10-15(14)26-17(16)21-19(23)25-11-12-4-6-13(20)7-5-12/h4-7H,3,8-11H2,1-2H3/p+1. The lowest BCUT2D eigenvalue weighted by molar-refractivity contribution is -0.895. The van der Waals surface area contributed by atoms with Crippen LogP contribution in [0.15, 0.2) is 34.2 Å². The molecule has 1 atom stereocenters. The quantitative estimate of drug-likeness (QED) is 0.550. The van der Waals surface area contributed by atoms with Crippen LogP contribution in [-0.4, -0.2) is 23.1 Å². The zero-order valence-electron chi connectivity index (χ0n) is 14.8. The van der Waals surface area contributed by atoms with Gasteiger partial charge in [0.05, 0.1) is 23.9 Å². The summed E-state index contributed by atoms with van der Waals surface area (Å²) in [6.45, 7) is 4.61. The van der Waals surface area contributed by atoms with Gasteiger partial charge in [-0.1, -0.05) is 23.9 Å². The fourth-order valence-corrected chi connectivity index (χ4v) is 5.79. The maximum Gasteiger partial charge on any atom is 0.263 e. The molecule has 0 amide bonds. The van der Waals surface area contributed by atoms with E-state index in [2.05, 4.69) is 7.05 Å². The van der Waals surface area contributed by atoms with Crippen molar-refractivity contribution < 1.29 is 9.29 Å². The van der Waals surface area contributed by atoms with Crippen molar-refractivity contribution in [1.82, 2.24) is 9.55 Å². The van der Waals surface area contributed by atoms with Crippen molar-refractivity contribution in [1.29, 1.82) is 0 Å². The average Bonchev–Trinajstić information content (AvgIpc) is 2.98. The first-order chi connectivity index (χ1) is 12.6. The minimum absolute atomic E-state index is 0.0798. The Kier molecular flexibility index (Phi) is 4.86. The molecule has 3 aromatic rings. The van der Waals surface area contributed by atoms with Crippen molar-refractivity contribution in [3.63, 3.8) is 0 Å². The molecule has 0 spiro atoms. The molecule has 1 aliphatic heterocycles. The molecule has 1 aromatic carbocycles. The number of fused-ring (bicyclic) bond motifs is 3. The lowest BCUT2D eigenvalue weighted by atomic mass is 10.1. The van der Waals surface area contributed by atoms with E-state index >= 15 is 0 Å². The molecule has 1 unspecified atom stereocenters. The average molecular weight is 391 g/mol. The molecule has 0 saturated carbocycles. The smallest absolute Gasteiger partial charge is 0.263 e. The Bertz CT molecular complexity index is 1010. The van der Waals surface area contributed by atoms with E-state index in [1.165, 1.54) is 39.2 Å². The molecule has 136 valence electrons. The molecule has 0 aliphatic carbocycles. The summed E-state index contributed by atoms with van der Waals surface area (Å²) in [5.41, 5.74) is 2.31. The monoisotopic (exact) mass is 390 g/mol. The Morgan fingerprint density at radius 1 is 1.35 bits per heavy atom. The van der Waals surface area contributed by atoms with Gasteiger partial charge >= 0.3 is 0 Å². The third kappa shape index (κ3) is 3.19. The van der Waals surface area contributed by atoms with Crippen LogP contribution in [0, 0.1) is 5.82 Å². The van der Waals surface area contributed by atoms with E-state index in [4.69, 9.17) is 4.98 Å². The van der Waals surface area contributed by atoms with E-state index in [1.54, 1.807) is 28.0 Å². The van der Waals surface area contributed by atoms with Gasteiger partial charge in [0.15, 0.2) is 5.16 Å². The topological polar surface area (TPSA) is 39.3 Å². The number of thiophene rings is 1. The molecular formula is C19H21FN3OS2+. The van der Waals surface area contributed by atoms with Gasteiger partial charge in [-0.05, 0) is 30.2 Å². The molecule has 3 heterocycles. The highest BCUT2D eigenvalue weighted by atomic mass is 32.2. The lowest BCUT2D eigenvalue weighted by Crippen LogP contribution is -3.08. The zero-order chi connectivity index (χ0) is 18.3. The molecule has 1 aliphatic rings. The highest BCUT2D eigenvalue weighted by Crippen LogP contribution is 2.31. The van der Waals surface area contributed by atoms with E-state index in [0.717, 1.165) is 40.4 Å². The molecule has 26 heavy (non-hydrogen) atoms. The van der Waals surface area contributed by atoms with Crippen molar-refractivity contribution in [2.75, 3.05) is 13.6 Å². The minimum atomic E-state index is -0.236. The molecule has 7 heteroatoms. The third-order valence-electron chi connectivity index (χ3n) is 4.82. The van der Waals surface area contributed by atoms with Gasteiger partial charge < -0.3 is 4.90 Å². The van der Waals surface area contributed by atoms with Crippen LogP contribution in [0.3, 0.4) is 0 Å². The summed E-state index contributed by atoms with van der Waals surface area (Å²) in [4.78, 5) is 21.6. The fraction of sp³-hybridized carbons (Fsp3) is 0.368. The van der Waals surface area contributed by atoms with Crippen molar-refractivity contribution in [2.24, 2.45) is 0 Å². The van der Waals surface area contributed by atoms with Crippen LogP contribution in [-0.2, 0) is 25.3 Å². The summed E-state index contributed by atoms with van der Waals surface area (Å²) < 4.78 is 14.8. The predicted octanol–water partition coefficient (Wildman–Crippen LogP) is 2.48. The number of halogens is 1. The van der Waals surface area contributed by atoms with Gasteiger partial charge in [0.2, 0.25) is 0 Å². The van der Waals surface area contributed by atoms with Crippen LogP contribution in [0.1, 0.15) is 22.9 Å². The maximum absolute atomic E-state index is 13.1. The van der Waals surface area contributed by atoms with Crippen LogP contribution in [0.5, 0.6) is 0 Å². The van der Waals surface area contributed by atoms with Crippen LogP contribution in [0.4, 0.5) is 4.39 Å². The highest BCUT2D eigenvalue weighted by Gasteiger charge is 2.25. The molecule has 1 N–H and O–H groups in total. The van der Waals surface area contributed by atoms with Gasteiger partial charge in [-0.3, -0.25) is 9.36 Å². The van der Waals surface area contributed by atoms with Gasteiger partial charge in [0.25, 0.3) is 5.56 Å². The number of rotatable bonds is 4. The molecule has 0 radical (unpaired) electrons. The minimum Gasteiger partial charge on any atom is -0.333 e. The predicted molar refractivity (Wildman–Crippen MR) is 105 cm³/mol. The first kappa shape index (κ1) is 17.7. The lowest BCUT2D eigenvalue weighted by Gasteiger charge is -2.19. The molecule has 4 rings (SSSR count). The molecule has 4 nitrogen and oxygen atoms in total. The van der Waals surface area contributed by atoms with Gasteiger partial charge in [0, 0.05) is 18.7 Å². The van der Waals surface area contributed by atoms with Gasteiger partial charge in [-0.2, -0.15) is 0 Å². The third-order valence-corrected chi connectivity index (χ3v) is 6.99. The van der Waals surface area contributed by atoms with Crippen molar-refractivity contribution >= 4 is 33.3 Å². The van der Waals surface area contributed by atoms with Crippen LogP contribution in [0.25, 0.3) is 10.2 Å². The Hall–Kier alpha value is -1.70. The summed E-state index contributed by atoms with van der Waals surface area (Å²) in [6.07, 6.45) is 0.948. The number of aromatic nitrogens is 2. The number of hydrogen-bond acceptors (Lipinski definition) is 4. The normalized spacial score (nSPS) is 16.8. The summed E-state index contributed by atoms with van der Waals surface area (Å²) in [5, 5.41) is 1.57. The van der Waals surface area contributed by atoms with Crippen LogP contribution < -0.4 is 10.5 Å². The number of quaternary nitrogens is 1. The first-order valence-corrected chi connectivity index (χ1v) is 10.6. The number of thioether (sulfide) groups is 1. The van der Waals surface area contributed by atoms with E-state index < -0.39 is 0 Å². The highest BCUT2D eigenvalue weighted by molar-refractivity contribution is 7.98. The second-order valence-corrected chi connectivity index (χ2v) is 8.70. The Morgan fingerprint density at radius 3 is 2.85 bits per heavy atom. The van der Waals surface area contributed by atoms with E-state index in [1.807, 2.05) is 6.92 Å². The van der Waals surface area contributed by atoms with Crippen molar-refractivity contribution in [2.45, 2.75) is 37.3 Å². The number of benzene rings is 1. The second kappa shape index (κ2) is 7.13. The van der Waals surface area contributed by atoms with E-state index in [0.29, 0.717) is 12.3 Å². The molecule has 0 bridgehead atoms. The maximum atomic E-state index is 13.1.